The first-order valence-corrected chi connectivity index (χ1v) is 17.0. The Hall–Kier alpha value is -1.18. The van der Waals surface area contributed by atoms with Crippen LogP contribution in [0.2, 0.25) is 0 Å². The van der Waals surface area contributed by atoms with Gasteiger partial charge in [0.25, 0.3) is 0 Å². The monoisotopic (exact) mass is 566 g/mol. The first-order chi connectivity index (χ1) is 19.9. The van der Waals surface area contributed by atoms with Gasteiger partial charge in [0.15, 0.2) is 0 Å². The average Bonchev–Trinajstić information content (AvgIpc) is 3.79. The molecule has 2 saturated heterocycles. The summed E-state index contributed by atoms with van der Waals surface area (Å²) in [5, 5.41) is 12.9. The number of rotatable bonds is 9. The molecule has 3 heterocycles. The lowest BCUT2D eigenvalue weighted by atomic mass is 9.44. The molecule has 1 aromatic rings. The Labute approximate surface area is 247 Å². The highest BCUT2D eigenvalue weighted by atomic mass is 16.5. The van der Waals surface area contributed by atoms with Crippen LogP contribution < -0.4 is 0 Å². The van der Waals surface area contributed by atoms with Crippen molar-refractivity contribution in [3.8, 4) is 0 Å². The molecule has 0 unspecified atom stereocenters. The van der Waals surface area contributed by atoms with E-state index in [1.807, 2.05) is 6.26 Å². The summed E-state index contributed by atoms with van der Waals surface area (Å²) in [5.74, 6) is 0.836. The molecule has 0 amide bonds. The zero-order valence-corrected chi connectivity index (χ0v) is 25.7. The van der Waals surface area contributed by atoms with Crippen LogP contribution in [0, 0.1) is 22.7 Å². The molecular weight excluding hydrogens is 512 g/mol. The van der Waals surface area contributed by atoms with Gasteiger partial charge in [-0.05, 0) is 127 Å². The van der Waals surface area contributed by atoms with E-state index in [1.165, 1.54) is 58.3 Å². The molecule has 1 N–H and O–H groups in total. The van der Waals surface area contributed by atoms with E-state index in [-0.39, 0.29) is 16.9 Å². The van der Waals surface area contributed by atoms with Crippen molar-refractivity contribution in [3.63, 3.8) is 0 Å². The number of nitrogens with zero attached hydrogens (tertiary/aromatic N) is 2. The summed E-state index contributed by atoms with van der Waals surface area (Å²) in [6.07, 6.45) is 20.0. The second-order valence-electron chi connectivity index (χ2n) is 14.9. The highest BCUT2D eigenvalue weighted by molar-refractivity contribution is 5.33. The third-order valence-electron chi connectivity index (χ3n) is 13.3. The lowest BCUT2D eigenvalue weighted by Crippen LogP contribution is -2.64. The molecule has 6 heteroatoms. The molecule has 7 rings (SSSR count). The van der Waals surface area contributed by atoms with Crippen molar-refractivity contribution in [1.82, 2.24) is 9.80 Å². The molecule has 41 heavy (non-hydrogen) atoms. The number of furan rings is 1. The summed E-state index contributed by atoms with van der Waals surface area (Å²) in [6.45, 7) is 13.4. The van der Waals surface area contributed by atoms with Crippen LogP contribution in [0.3, 0.4) is 0 Å². The minimum atomic E-state index is -0.724. The van der Waals surface area contributed by atoms with Crippen LogP contribution in [0.4, 0.5) is 0 Å². The van der Waals surface area contributed by atoms with Gasteiger partial charge in [-0.3, -0.25) is 0 Å². The molecule has 0 radical (unpaired) electrons. The zero-order chi connectivity index (χ0) is 28.1. The van der Waals surface area contributed by atoms with Crippen LogP contribution in [0.1, 0.15) is 96.5 Å². The van der Waals surface area contributed by atoms with E-state index < -0.39 is 11.2 Å². The van der Waals surface area contributed by atoms with Crippen LogP contribution in [-0.4, -0.2) is 79.1 Å². The fourth-order valence-corrected chi connectivity index (χ4v) is 10.8. The predicted molar refractivity (Wildman–Crippen MR) is 161 cm³/mol. The van der Waals surface area contributed by atoms with Gasteiger partial charge in [0.1, 0.15) is 5.60 Å². The van der Waals surface area contributed by atoms with Gasteiger partial charge in [-0.15, -0.1) is 0 Å². The molecule has 4 aliphatic carbocycles. The highest BCUT2D eigenvalue weighted by Crippen LogP contribution is 2.72. The third kappa shape index (κ3) is 4.61. The van der Waals surface area contributed by atoms with Gasteiger partial charge < -0.3 is 28.8 Å². The van der Waals surface area contributed by atoms with Crippen molar-refractivity contribution in [3.05, 3.63) is 35.8 Å². The minimum Gasteiger partial charge on any atom is -0.472 e. The van der Waals surface area contributed by atoms with Gasteiger partial charge in [-0.2, -0.15) is 0 Å². The topological polar surface area (TPSA) is 58.3 Å². The van der Waals surface area contributed by atoms with E-state index in [1.54, 1.807) is 11.8 Å². The van der Waals surface area contributed by atoms with Gasteiger partial charge in [-0.1, -0.05) is 25.5 Å². The Morgan fingerprint density at radius 3 is 2.32 bits per heavy atom. The van der Waals surface area contributed by atoms with Crippen LogP contribution >= 0.6 is 0 Å². The molecular formula is C35H54N2O4. The number of ether oxygens (including phenoxy) is 2. The summed E-state index contributed by atoms with van der Waals surface area (Å²) < 4.78 is 19.1. The summed E-state index contributed by atoms with van der Waals surface area (Å²) in [6, 6.07) is 2.10. The second-order valence-corrected chi connectivity index (χ2v) is 14.9. The maximum Gasteiger partial charge on any atom is 0.104 e. The zero-order valence-electron chi connectivity index (χ0n) is 25.7. The van der Waals surface area contributed by atoms with Crippen molar-refractivity contribution < 1.29 is 19.0 Å². The number of allylic oxidation sites excluding steroid dienone is 1. The number of hydrogen-bond acceptors (Lipinski definition) is 6. The SMILES string of the molecule is C[C@]12CC[C@H]3[C@@H](CCC4=C[C@@H](OCCN5CCCC5)CC[C@@]43C)[C@@]1(O)CC[C@]2(OCCN1CCCC1)c1ccoc1. The molecule has 0 spiro atoms. The number of likely N-dealkylation sites (tertiary alicyclic amines) is 2. The van der Waals surface area contributed by atoms with E-state index in [0.717, 1.165) is 70.2 Å². The van der Waals surface area contributed by atoms with E-state index in [4.69, 9.17) is 13.9 Å². The molecule has 7 atom stereocenters. The second kappa shape index (κ2) is 11.1. The largest absolute Gasteiger partial charge is 0.472 e. The molecule has 6 aliphatic rings. The van der Waals surface area contributed by atoms with Gasteiger partial charge in [0.05, 0.1) is 37.4 Å². The Morgan fingerprint density at radius 1 is 0.878 bits per heavy atom. The molecule has 2 aliphatic heterocycles. The van der Waals surface area contributed by atoms with E-state index >= 15 is 0 Å². The Morgan fingerprint density at radius 2 is 1.61 bits per heavy atom. The standard InChI is InChI=1S/C35H54N2O4/c1-32-12-9-29(40-23-20-36-16-3-4-17-36)25-27(32)7-8-31-30(32)10-13-33(2)34(31,38)14-15-35(33,28-11-22-39-26-28)41-24-21-37-18-5-6-19-37/h11,22,25-26,29-31,38H,3-10,12-21,23-24H2,1-2H3/t29-,30-,31+,32-,33-,34-,35-/m0/s1. The van der Waals surface area contributed by atoms with Gasteiger partial charge >= 0.3 is 0 Å². The van der Waals surface area contributed by atoms with Crippen molar-refractivity contribution in [2.24, 2.45) is 22.7 Å². The van der Waals surface area contributed by atoms with E-state index in [0.29, 0.717) is 18.4 Å². The quantitative estimate of drug-likeness (QED) is 0.362. The first-order valence-electron chi connectivity index (χ1n) is 17.0. The van der Waals surface area contributed by atoms with Crippen LogP contribution in [0.15, 0.2) is 34.7 Å². The summed E-state index contributed by atoms with van der Waals surface area (Å²) in [5.41, 5.74) is 1.38. The molecule has 0 bridgehead atoms. The van der Waals surface area contributed by atoms with Gasteiger partial charge in [0, 0.05) is 24.1 Å². The first kappa shape index (κ1) is 28.6. The van der Waals surface area contributed by atoms with Crippen molar-refractivity contribution >= 4 is 0 Å². The molecule has 0 aromatic carbocycles. The smallest absolute Gasteiger partial charge is 0.104 e. The lowest BCUT2D eigenvalue weighted by molar-refractivity contribution is -0.236. The summed E-state index contributed by atoms with van der Waals surface area (Å²) in [4.78, 5) is 5.08. The Balaban J connectivity index is 1.09. The Kier molecular flexibility index (Phi) is 7.72. The maximum absolute atomic E-state index is 12.9. The molecule has 6 nitrogen and oxygen atoms in total. The van der Waals surface area contributed by atoms with Crippen molar-refractivity contribution in [2.45, 2.75) is 108 Å². The van der Waals surface area contributed by atoms with Crippen LogP contribution in [0.25, 0.3) is 0 Å². The molecule has 228 valence electrons. The molecule has 1 aromatic heterocycles. The summed E-state index contributed by atoms with van der Waals surface area (Å²) in [7, 11) is 0. The normalized spacial score (nSPS) is 43.1. The number of aliphatic hydroxyl groups is 1. The molecule has 3 saturated carbocycles. The number of hydrogen-bond donors (Lipinski definition) is 1. The predicted octanol–water partition coefficient (Wildman–Crippen LogP) is 6.15. The molecule has 5 fully saturated rings. The van der Waals surface area contributed by atoms with Crippen LogP contribution in [-0.2, 0) is 15.1 Å². The summed E-state index contributed by atoms with van der Waals surface area (Å²) >= 11 is 0. The van der Waals surface area contributed by atoms with Crippen molar-refractivity contribution in [2.75, 3.05) is 52.5 Å². The van der Waals surface area contributed by atoms with E-state index in [2.05, 4.69) is 35.8 Å². The highest BCUT2D eigenvalue weighted by Gasteiger charge is 2.72. The lowest BCUT2D eigenvalue weighted by Gasteiger charge is -2.63. The average molecular weight is 567 g/mol. The fourth-order valence-electron chi connectivity index (χ4n) is 10.8. The number of fused-ring (bicyclic) bond motifs is 5. The van der Waals surface area contributed by atoms with Gasteiger partial charge in [-0.25, -0.2) is 0 Å². The maximum atomic E-state index is 12.9. The van der Waals surface area contributed by atoms with Crippen LogP contribution in [0.5, 0.6) is 0 Å². The Bertz CT molecular complexity index is 1080. The fraction of sp³-hybridized carbons (Fsp3) is 0.829. The van der Waals surface area contributed by atoms with Gasteiger partial charge in [0.2, 0.25) is 0 Å². The van der Waals surface area contributed by atoms with Crippen molar-refractivity contribution in [1.29, 1.82) is 0 Å². The van der Waals surface area contributed by atoms with E-state index in [9.17, 15) is 5.11 Å². The third-order valence-corrected chi connectivity index (χ3v) is 13.3. The minimum absolute atomic E-state index is 0.173.